The Morgan fingerprint density at radius 1 is 1.04 bits per heavy atom. The lowest BCUT2D eigenvalue weighted by atomic mass is 9.79. The number of rotatable bonds is 2. The molecule has 0 bridgehead atoms. The third kappa shape index (κ3) is 2.08. The molecule has 0 saturated heterocycles. The minimum atomic E-state index is -0.307. The van der Waals surface area contributed by atoms with Gasteiger partial charge in [-0.15, -0.1) is 0 Å². The molecule has 2 aromatic carbocycles. The fourth-order valence-corrected chi connectivity index (χ4v) is 4.59. The number of benzene rings is 2. The van der Waals surface area contributed by atoms with Crippen molar-refractivity contribution in [3.8, 4) is 22.6 Å². The Kier molecular flexibility index (Phi) is 3.29. The number of H-pyrrole nitrogens is 1. The number of hydrogen-bond acceptors (Lipinski definition) is 2. The number of hydrogen-bond donors (Lipinski definition) is 1. The molecular formula is C22H21N3O. The number of carbonyl (C=O) groups excluding carboxylic acids is 1. The van der Waals surface area contributed by atoms with E-state index >= 15 is 0 Å². The summed E-state index contributed by atoms with van der Waals surface area (Å²) in [4.78, 5) is 22.8. The number of aromatic nitrogens is 2. The van der Waals surface area contributed by atoms with Crippen LogP contribution in [0.5, 0.6) is 0 Å². The molecule has 5 rings (SSSR count). The predicted octanol–water partition coefficient (Wildman–Crippen LogP) is 4.53. The molecule has 2 aliphatic rings. The molecule has 0 radical (unpaired) electrons. The average Bonchev–Trinajstić information content (AvgIpc) is 3.41. The smallest absolute Gasteiger partial charge is 0.237 e. The summed E-state index contributed by atoms with van der Waals surface area (Å²) in [5.41, 5.74) is 4.99. The molecule has 1 spiro atoms. The van der Waals surface area contributed by atoms with Crippen LogP contribution in [0, 0.1) is 0 Å². The highest BCUT2D eigenvalue weighted by atomic mass is 16.2. The van der Waals surface area contributed by atoms with Gasteiger partial charge in [0.1, 0.15) is 5.82 Å². The summed E-state index contributed by atoms with van der Waals surface area (Å²) < 4.78 is 0. The molecule has 4 heteroatoms. The van der Waals surface area contributed by atoms with Crippen LogP contribution in [0.2, 0.25) is 0 Å². The van der Waals surface area contributed by atoms with Crippen molar-refractivity contribution in [1.29, 1.82) is 0 Å². The summed E-state index contributed by atoms with van der Waals surface area (Å²) in [6.07, 6.45) is 6.13. The maximum absolute atomic E-state index is 12.9. The number of anilines is 1. The van der Waals surface area contributed by atoms with Gasteiger partial charge >= 0.3 is 0 Å². The van der Waals surface area contributed by atoms with Crippen LogP contribution in [0.1, 0.15) is 31.2 Å². The number of imidazole rings is 1. The van der Waals surface area contributed by atoms with Gasteiger partial charge in [0.05, 0.1) is 11.1 Å². The lowest BCUT2D eigenvalue weighted by Crippen LogP contribution is -2.36. The van der Waals surface area contributed by atoms with Crippen LogP contribution < -0.4 is 4.90 Å². The highest BCUT2D eigenvalue weighted by molar-refractivity contribution is 6.08. The zero-order valence-electron chi connectivity index (χ0n) is 14.8. The van der Waals surface area contributed by atoms with Gasteiger partial charge in [0.25, 0.3) is 0 Å². The topological polar surface area (TPSA) is 49.0 Å². The quantitative estimate of drug-likeness (QED) is 0.743. The summed E-state index contributed by atoms with van der Waals surface area (Å²) in [6.45, 7) is 0. The first-order valence-corrected chi connectivity index (χ1v) is 9.23. The highest BCUT2D eigenvalue weighted by Crippen LogP contribution is 2.51. The first-order chi connectivity index (χ1) is 12.7. The third-order valence-corrected chi connectivity index (χ3v) is 5.97. The zero-order chi connectivity index (χ0) is 17.7. The molecule has 1 N–H and O–H groups in total. The Bertz CT molecular complexity index is 984. The molecule has 1 amide bonds. The molecule has 26 heavy (non-hydrogen) atoms. The van der Waals surface area contributed by atoms with Crippen LogP contribution in [0.25, 0.3) is 22.6 Å². The van der Waals surface area contributed by atoms with Gasteiger partial charge in [0.15, 0.2) is 0 Å². The van der Waals surface area contributed by atoms with Crippen LogP contribution in [-0.4, -0.2) is 22.9 Å². The average molecular weight is 343 g/mol. The van der Waals surface area contributed by atoms with Crippen molar-refractivity contribution in [1.82, 2.24) is 9.97 Å². The van der Waals surface area contributed by atoms with Gasteiger partial charge < -0.3 is 9.88 Å². The van der Waals surface area contributed by atoms with E-state index in [2.05, 4.69) is 23.2 Å². The van der Waals surface area contributed by atoms with E-state index in [0.29, 0.717) is 0 Å². The number of nitrogens with one attached hydrogen (secondary N) is 1. The normalized spacial score (nSPS) is 17.9. The minimum Gasteiger partial charge on any atom is -0.344 e. The van der Waals surface area contributed by atoms with Crippen molar-refractivity contribution < 1.29 is 4.79 Å². The van der Waals surface area contributed by atoms with Crippen LogP contribution in [-0.2, 0) is 10.2 Å². The van der Waals surface area contributed by atoms with E-state index < -0.39 is 0 Å². The first-order valence-electron chi connectivity index (χ1n) is 9.23. The van der Waals surface area contributed by atoms with Gasteiger partial charge in [-0.25, -0.2) is 4.98 Å². The summed E-state index contributed by atoms with van der Waals surface area (Å²) in [5, 5.41) is 0. The Morgan fingerprint density at radius 2 is 1.81 bits per heavy atom. The fraction of sp³-hybridized carbons (Fsp3) is 0.273. The summed E-state index contributed by atoms with van der Waals surface area (Å²) in [6, 6.07) is 16.5. The van der Waals surface area contributed by atoms with Gasteiger partial charge in [-0.2, -0.15) is 0 Å². The van der Waals surface area contributed by atoms with E-state index in [1.54, 1.807) is 0 Å². The van der Waals surface area contributed by atoms with Crippen LogP contribution in [0.15, 0.2) is 54.7 Å². The predicted molar refractivity (Wildman–Crippen MR) is 103 cm³/mol. The second-order valence-electron chi connectivity index (χ2n) is 7.39. The number of carbonyl (C=O) groups is 1. The molecule has 0 unspecified atom stereocenters. The second kappa shape index (κ2) is 5.56. The molecule has 1 aliphatic heterocycles. The van der Waals surface area contributed by atoms with E-state index in [1.165, 1.54) is 5.56 Å². The minimum absolute atomic E-state index is 0.258. The van der Waals surface area contributed by atoms with Crippen LogP contribution in [0.4, 0.5) is 5.69 Å². The number of amides is 1. The summed E-state index contributed by atoms with van der Waals surface area (Å²) >= 11 is 0. The van der Waals surface area contributed by atoms with E-state index in [-0.39, 0.29) is 11.3 Å². The van der Waals surface area contributed by atoms with Crippen LogP contribution >= 0.6 is 0 Å². The lowest BCUT2D eigenvalue weighted by Gasteiger charge is -2.21. The molecule has 1 saturated carbocycles. The van der Waals surface area contributed by atoms with E-state index in [0.717, 1.165) is 54.0 Å². The van der Waals surface area contributed by atoms with Gasteiger partial charge in [-0.05, 0) is 30.5 Å². The molecule has 4 nitrogen and oxygen atoms in total. The van der Waals surface area contributed by atoms with Crippen molar-refractivity contribution >= 4 is 11.6 Å². The molecule has 0 atom stereocenters. The van der Waals surface area contributed by atoms with Gasteiger partial charge in [-0.3, -0.25) is 4.79 Å². The SMILES string of the molecule is CN1C(=O)C2(CCCC2)c2cc(-c3c[nH]c(-c4ccccc4)n3)ccc21. The second-order valence-corrected chi connectivity index (χ2v) is 7.39. The Balaban J connectivity index is 1.58. The highest BCUT2D eigenvalue weighted by Gasteiger charge is 2.51. The monoisotopic (exact) mass is 343 g/mol. The summed E-state index contributed by atoms with van der Waals surface area (Å²) in [5.74, 6) is 1.12. The lowest BCUT2D eigenvalue weighted by molar-refractivity contribution is -0.122. The molecular weight excluding hydrogens is 322 g/mol. The molecule has 1 aliphatic carbocycles. The molecule has 1 fully saturated rings. The van der Waals surface area contributed by atoms with E-state index in [4.69, 9.17) is 4.98 Å². The van der Waals surface area contributed by atoms with Crippen molar-refractivity contribution in [2.75, 3.05) is 11.9 Å². The maximum Gasteiger partial charge on any atom is 0.237 e. The first kappa shape index (κ1) is 15.4. The maximum atomic E-state index is 12.9. The van der Waals surface area contributed by atoms with Crippen molar-refractivity contribution in [3.05, 3.63) is 60.3 Å². The van der Waals surface area contributed by atoms with Crippen molar-refractivity contribution in [2.45, 2.75) is 31.1 Å². The number of likely N-dealkylation sites (N-methyl/N-ethyl adjacent to an activating group) is 1. The molecule has 3 aromatic rings. The van der Waals surface area contributed by atoms with Crippen molar-refractivity contribution in [3.63, 3.8) is 0 Å². The van der Waals surface area contributed by atoms with Gasteiger partial charge in [-0.1, -0.05) is 49.2 Å². The molecule has 1 aromatic heterocycles. The van der Waals surface area contributed by atoms with Gasteiger partial charge in [0, 0.05) is 30.1 Å². The number of nitrogens with zero attached hydrogens (tertiary/aromatic N) is 2. The molecule has 2 heterocycles. The standard InChI is InChI=1S/C22H21N3O/c1-25-19-10-9-16(13-17(19)22(21(25)26)11-5-6-12-22)18-14-23-20(24-18)15-7-3-2-4-8-15/h2-4,7-10,13-14H,5-6,11-12H2,1H3,(H,23,24). The largest absolute Gasteiger partial charge is 0.344 e. The number of fused-ring (bicyclic) bond motifs is 2. The van der Waals surface area contributed by atoms with Gasteiger partial charge in [0.2, 0.25) is 5.91 Å². The molecule has 130 valence electrons. The van der Waals surface area contributed by atoms with E-state index in [9.17, 15) is 4.79 Å². The fourth-order valence-electron chi connectivity index (χ4n) is 4.59. The Labute approximate surface area is 152 Å². The Morgan fingerprint density at radius 3 is 2.58 bits per heavy atom. The Hall–Kier alpha value is -2.88. The van der Waals surface area contributed by atoms with Crippen LogP contribution in [0.3, 0.4) is 0 Å². The van der Waals surface area contributed by atoms with Crippen molar-refractivity contribution in [2.24, 2.45) is 0 Å². The number of aromatic amines is 1. The zero-order valence-corrected chi connectivity index (χ0v) is 14.8. The van der Waals surface area contributed by atoms with E-state index in [1.807, 2.05) is 48.5 Å². The summed E-state index contributed by atoms with van der Waals surface area (Å²) in [7, 11) is 1.90. The third-order valence-electron chi connectivity index (χ3n) is 5.97.